The van der Waals surface area contributed by atoms with Gasteiger partial charge in [0, 0.05) is 31.8 Å². The number of hydrogen-bond donors (Lipinski definition) is 0. The average Bonchev–Trinajstić information content (AvgIpc) is 3.09. The molecule has 0 aromatic heterocycles. The van der Waals surface area contributed by atoms with Crippen LogP contribution in [0.3, 0.4) is 0 Å². The molecule has 0 spiro atoms. The predicted molar refractivity (Wildman–Crippen MR) is 123 cm³/mol. The number of ether oxygens (including phenoxy) is 2. The number of benzene rings is 3. The zero-order chi connectivity index (χ0) is 22.7. The molecule has 0 saturated carbocycles. The second-order valence-corrected chi connectivity index (χ2v) is 7.45. The lowest BCUT2D eigenvalue weighted by atomic mass is 10.0. The van der Waals surface area contributed by atoms with Crippen molar-refractivity contribution < 1.29 is 19.1 Å². The smallest absolute Gasteiger partial charge is 0.282 e. The van der Waals surface area contributed by atoms with Crippen LogP contribution < -0.4 is 14.4 Å². The molecule has 162 valence electrons. The van der Waals surface area contributed by atoms with Crippen LogP contribution in [0.5, 0.6) is 11.5 Å². The molecule has 0 bridgehead atoms. The number of imide groups is 1. The zero-order valence-electron chi connectivity index (χ0n) is 18.2. The minimum atomic E-state index is -0.386. The highest BCUT2D eigenvalue weighted by Crippen LogP contribution is 2.37. The first kappa shape index (κ1) is 21.2. The largest absolute Gasteiger partial charge is 0.497 e. The summed E-state index contributed by atoms with van der Waals surface area (Å²) in [6.07, 6.45) is 0. The maximum Gasteiger partial charge on any atom is 0.282 e. The molecule has 4 rings (SSSR count). The third-order valence-electron chi connectivity index (χ3n) is 5.36. The topological polar surface area (TPSA) is 59.1 Å². The second-order valence-electron chi connectivity index (χ2n) is 7.45. The summed E-state index contributed by atoms with van der Waals surface area (Å²) >= 11 is 0. The van der Waals surface area contributed by atoms with Gasteiger partial charge in [-0.2, -0.15) is 0 Å². The zero-order valence-corrected chi connectivity index (χ0v) is 18.2. The van der Waals surface area contributed by atoms with Crippen LogP contribution in [0, 0.1) is 0 Å². The van der Waals surface area contributed by atoms with Gasteiger partial charge in [-0.3, -0.25) is 9.59 Å². The number of hydrogen-bond acceptors (Lipinski definition) is 5. The third kappa shape index (κ3) is 3.95. The van der Waals surface area contributed by atoms with E-state index in [0.29, 0.717) is 40.6 Å². The molecule has 0 radical (unpaired) electrons. The SMILES string of the molecule is COc1cc(OC)cc(N2C(=O)C(c3ccccc3)=C(N(C)Cc3ccccc3)C2=O)c1. The fourth-order valence-corrected chi connectivity index (χ4v) is 3.83. The Morgan fingerprint density at radius 1 is 0.781 bits per heavy atom. The highest BCUT2D eigenvalue weighted by Gasteiger charge is 2.42. The summed E-state index contributed by atoms with van der Waals surface area (Å²) in [4.78, 5) is 30.3. The molecule has 32 heavy (non-hydrogen) atoms. The van der Waals surface area contributed by atoms with E-state index >= 15 is 0 Å². The molecule has 0 fully saturated rings. The fraction of sp³-hybridized carbons (Fsp3) is 0.154. The van der Waals surface area contributed by atoms with E-state index in [-0.39, 0.29) is 11.8 Å². The Morgan fingerprint density at radius 2 is 1.34 bits per heavy atom. The molecule has 1 heterocycles. The molecule has 0 unspecified atom stereocenters. The van der Waals surface area contributed by atoms with Crippen LogP contribution in [-0.2, 0) is 16.1 Å². The number of carbonyl (C=O) groups is 2. The Hall–Kier alpha value is -4.06. The van der Waals surface area contributed by atoms with Gasteiger partial charge in [-0.05, 0) is 11.1 Å². The standard InChI is InChI=1S/C26H24N2O4/c1-27(17-18-10-6-4-7-11-18)24-23(19-12-8-5-9-13-19)25(29)28(26(24)30)20-14-21(31-2)16-22(15-20)32-3/h4-16H,17H2,1-3H3. The van der Waals surface area contributed by atoms with E-state index in [1.165, 1.54) is 19.1 Å². The number of nitrogens with zero attached hydrogens (tertiary/aromatic N) is 2. The third-order valence-corrected chi connectivity index (χ3v) is 5.36. The Bertz CT molecular complexity index is 1150. The van der Waals surface area contributed by atoms with Gasteiger partial charge in [-0.25, -0.2) is 4.90 Å². The fourth-order valence-electron chi connectivity index (χ4n) is 3.83. The van der Waals surface area contributed by atoms with E-state index in [4.69, 9.17) is 9.47 Å². The van der Waals surface area contributed by atoms with Gasteiger partial charge in [-0.1, -0.05) is 60.7 Å². The van der Waals surface area contributed by atoms with Crippen molar-refractivity contribution in [2.75, 3.05) is 26.2 Å². The average molecular weight is 428 g/mol. The lowest BCUT2D eigenvalue weighted by Gasteiger charge is -2.22. The number of carbonyl (C=O) groups excluding carboxylic acids is 2. The molecule has 0 atom stereocenters. The van der Waals surface area contributed by atoms with E-state index in [1.54, 1.807) is 18.2 Å². The maximum atomic E-state index is 13.7. The molecule has 0 saturated heterocycles. The maximum absolute atomic E-state index is 13.7. The van der Waals surface area contributed by atoms with Gasteiger partial charge in [0.2, 0.25) is 0 Å². The van der Waals surface area contributed by atoms with Crippen molar-refractivity contribution in [2.24, 2.45) is 0 Å². The first-order valence-electron chi connectivity index (χ1n) is 10.2. The van der Waals surface area contributed by atoms with Crippen molar-refractivity contribution in [1.82, 2.24) is 4.90 Å². The van der Waals surface area contributed by atoms with Crippen LogP contribution in [0.15, 0.2) is 84.6 Å². The van der Waals surface area contributed by atoms with Gasteiger partial charge in [0.15, 0.2) is 0 Å². The van der Waals surface area contributed by atoms with Gasteiger partial charge in [0.05, 0.1) is 25.5 Å². The molecule has 3 aromatic carbocycles. The molecule has 2 amide bonds. The van der Waals surface area contributed by atoms with Crippen LogP contribution in [-0.4, -0.2) is 38.0 Å². The number of methoxy groups -OCH3 is 2. The van der Waals surface area contributed by atoms with Gasteiger partial charge in [0.25, 0.3) is 11.8 Å². The van der Waals surface area contributed by atoms with Gasteiger partial charge < -0.3 is 14.4 Å². The molecular formula is C26H24N2O4. The Labute approximate surface area is 187 Å². The highest BCUT2D eigenvalue weighted by atomic mass is 16.5. The van der Waals surface area contributed by atoms with E-state index in [0.717, 1.165) is 5.56 Å². The molecule has 1 aliphatic rings. The van der Waals surface area contributed by atoms with E-state index in [1.807, 2.05) is 72.6 Å². The van der Waals surface area contributed by atoms with Crippen molar-refractivity contribution in [1.29, 1.82) is 0 Å². The van der Waals surface area contributed by atoms with Crippen LogP contribution in [0.2, 0.25) is 0 Å². The lowest BCUT2D eigenvalue weighted by Crippen LogP contribution is -2.34. The van der Waals surface area contributed by atoms with Crippen molar-refractivity contribution in [3.05, 3.63) is 95.7 Å². The van der Waals surface area contributed by atoms with Crippen molar-refractivity contribution >= 4 is 23.1 Å². The second kappa shape index (κ2) is 8.98. The molecular weight excluding hydrogens is 404 g/mol. The summed E-state index contributed by atoms with van der Waals surface area (Å²) < 4.78 is 10.7. The Kier molecular flexibility index (Phi) is 5.94. The van der Waals surface area contributed by atoms with Crippen molar-refractivity contribution in [3.63, 3.8) is 0 Å². The van der Waals surface area contributed by atoms with E-state index < -0.39 is 0 Å². The monoisotopic (exact) mass is 428 g/mol. The van der Waals surface area contributed by atoms with Crippen LogP contribution >= 0.6 is 0 Å². The minimum absolute atomic E-state index is 0.354. The van der Waals surface area contributed by atoms with Crippen LogP contribution in [0.25, 0.3) is 5.57 Å². The summed E-state index contributed by atoms with van der Waals surface area (Å²) in [5, 5.41) is 0. The number of anilines is 1. The molecule has 0 N–H and O–H groups in total. The van der Waals surface area contributed by atoms with Crippen LogP contribution in [0.4, 0.5) is 5.69 Å². The number of amides is 2. The Balaban J connectivity index is 1.80. The van der Waals surface area contributed by atoms with E-state index in [2.05, 4.69) is 0 Å². The highest BCUT2D eigenvalue weighted by molar-refractivity contribution is 6.45. The molecule has 6 nitrogen and oxygen atoms in total. The normalized spacial score (nSPS) is 13.5. The molecule has 0 aliphatic carbocycles. The predicted octanol–water partition coefficient (Wildman–Crippen LogP) is 4.12. The quantitative estimate of drug-likeness (QED) is 0.530. The minimum Gasteiger partial charge on any atom is -0.497 e. The summed E-state index contributed by atoms with van der Waals surface area (Å²) in [6.45, 7) is 0.487. The van der Waals surface area contributed by atoms with Crippen LogP contribution in [0.1, 0.15) is 11.1 Å². The summed E-state index contributed by atoms with van der Waals surface area (Å²) in [5.41, 5.74) is 2.85. The van der Waals surface area contributed by atoms with Crippen molar-refractivity contribution in [2.45, 2.75) is 6.54 Å². The van der Waals surface area contributed by atoms with Gasteiger partial charge in [-0.15, -0.1) is 0 Å². The van der Waals surface area contributed by atoms with Crippen molar-refractivity contribution in [3.8, 4) is 11.5 Å². The molecule has 6 heteroatoms. The first-order chi connectivity index (χ1) is 15.5. The van der Waals surface area contributed by atoms with Gasteiger partial charge >= 0.3 is 0 Å². The summed E-state index contributed by atoms with van der Waals surface area (Å²) in [7, 11) is 4.88. The van der Waals surface area contributed by atoms with E-state index in [9.17, 15) is 9.59 Å². The lowest BCUT2D eigenvalue weighted by molar-refractivity contribution is -0.120. The number of likely N-dealkylation sites (N-methyl/N-ethyl adjacent to an activating group) is 1. The summed E-state index contributed by atoms with van der Waals surface area (Å²) in [6, 6.07) is 24.1. The summed E-state index contributed by atoms with van der Waals surface area (Å²) in [5.74, 6) is 0.216. The molecule has 1 aliphatic heterocycles. The van der Waals surface area contributed by atoms with Gasteiger partial charge in [0.1, 0.15) is 17.2 Å². The molecule has 3 aromatic rings. The number of rotatable bonds is 7. The Morgan fingerprint density at radius 3 is 1.91 bits per heavy atom. The first-order valence-corrected chi connectivity index (χ1v) is 10.2.